The van der Waals surface area contributed by atoms with Gasteiger partial charge in [-0.3, -0.25) is 0 Å². The van der Waals surface area contributed by atoms with E-state index < -0.39 is 0 Å². The lowest BCUT2D eigenvalue weighted by Gasteiger charge is -2.08. The summed E-state index contributed by atoms with van der Waals surface area (Å²) >= 11 is 0. The van der Waals surface area contributed by atoms with Crippen LogP contribution in [-0.4, -0.2) is 19.3 Å². The second-order valence-electron chi connectivity index (χ2n) is 3.99. The molecule has 2 heteroatoms. The predicted molar refractivity (Wildman–Crippen MR) is 55.8 cm³/mol. The SMILES string of the molecule is CC(C)c1cccc(OCC2CO2)c1. The first-order valence-electron chi connectivity index (χ1n) is 5.10. The molecule has 14 heavy (non-hydrogen) atoms. The van der Waals surface area contributed by atoms with E-state index >= 15 is 0 Å². The second kappa shape index (κ2) is 4.01. The zero-order chi connectivity index (χ0) is 9.97. The van der Waals surface area contributed by atoms with Gasteiger partial charge in [-0.15, -0.1) is 0 Å². The molecule has 0 spiro atoms. The number of hydrogen-bond acceptors (Lipinski definition) is 2. The average Bonchev–Trinajstić information content (AvgIpc) is 2.99. The fourth-order valence-corrected chi connectivity index (χ4v) is 1.32. The van der Waals surface area contributed by atoms with Crippen molar-refractivity contribution < 1.29 is 9.47 Å². The van der Waals surface area contributed by atoms with Crippen molar-refractivity contribution in [3.8, 4) is 5.75 Å². The van der Waals surface area contributed by atoms with Crippen LogP contribution in [0.1, 0.15) is 25.3 Å². The van der Waals surface area contributed by atoms with E-state index in [0.717, 1.165) is 12.4 Å². The Labute approximate surface area is 84.8 Å². The molecule has 1 unspecified atom stereocenters. The maximum atomic E-state index is 5.60. The molecule has 1 aromatic carbocycles. The number of epoxide rings is 1. The summed E-state index contributed by atoms with van der Waals surface area (Å²) < 4.78 is 10.7. The zero-order valence-corrected chi connectivity index (χ0v) is 8.69. The van der Waals surface area contributed by atoms with Gasteiger partial charge in [-0.1, -0.05) is 26.0 Å². The Hall–Kier alpha value is -1.02. The molecule has 1 heterocycles. The highest BCUT2D eigenvalue weighted by Crippen LogP contribution is 2.21. The molecule has 0 aliphatic carbocycles. The molecule has 1 saturated heterocycles. The number of ether oxygens (including phenoxy) is 2. The molecule has 0 radical (unpaired) electrons. The Morgan fingerprint density at radius 3 is 2.93 bits per heavy atom. The molecule has 1 fully saturated rings. The quantitative estimate of drug-likeness (QED) is 0.684. The molecule has 1 aromatic rings. The van der Waals surface area contributed by atoms with Crippen molar-refractivity contribution in [1.82, 2.24) is 0 Å². The number of benzene rings is 1. The van der Waals surface area contributed by atoms with Crippen LogP contribution in [0.3, 0.4) is 0 Å². The van der Waals surface area contributed by atoms with Gasteiger partial charge >= 0.3 is 0 Å². The van der Waals surface area contributed by atoms with E-state index in [9.17, 15) is 0 Å². The second-order valence-corrected chi connectivity index (χ2v) is 3.99. The van der Waals surface area contributed by atoms with Gasteiger partial charge in [-0.05, 0) is 23.6 Å². The third-order valence-electron chi connectivity index (χ3n) is 2.36. The normalized spacial score (nSPS) is 19.8. The first-order chi connectivity index (χ1) is 6.75. The van der Waals surface area contributed by atoms with Gasteiger partial charge in [0, 0.05) is 0 Å². The van der Waals surface area contributed by atoms with Crippen LogP contribution in [0.15, 0.2) is 24.3 Å². The summed E-state index contributed by atoms with van der Waals surface area (Å²) in [7, 11) is 0. The third kappa shape index (κ3) is 2.48. The summed E-state index contributed by atoms with van der Waals surface area (Å²) in [6.45, 7) is 5.90. The highest BCUT2D eigenvalue weighted by Gasteiger charge is 2.22. The fraction of sp³-hybridized carbons (Fsp3) is 0.500. The Morgan fingerprint density at radius 1 is 1.50 bits per heavy atom. The molecule has 0 saturated carbocycles. The molecule has 2 rings (SSSR count). The summed E-state index contributed by atoms with van der Waals surface area (Å²) in [6, 6.07) is 8.27. The fourth-order valence-electron chi connectivity index (χ4n) is 1.32. The van der Waals surface area contributed by atoms with Gasteiger partial charge in [0.2, 0.25) is 0 Å². The summed E-state index contributed by atoms with van der Waals surface area (Å²) in [5, 5.41) is 0. The highest BCUT2D eigenvalue weighted by molar-refractivity contribution is 5.30. The van der Waals surface area contributed by atoms with E-state index in [2.05, 4.69) is 26.0 Å². The molecule has 0 N–H and O–H groups in total. The minimum atomic E-state index is 0.331. The van der Waals surface area contributed by atoms with Crippen LogP contribution in [0, 0.1) is 0 Å². The molecule has 0 aromatic heterocycles. The largest absolute Gasteiger partial charge is 0.491 e. The molecule has 0 amide bonds. The molecule has 0 bridgehead atoms. The Morgan fingerprint density at radius 2 is 2.29 bits per heavy atom. The molecule has 1 atom stereocenters. The van der Waals surface area contributed by atoms with E-state index in [1.165, 1.54) is 5.56 Å². The van der Waals surface area contributed by atoms with Crippen LogP contribution >= 0.6 is 0 Å². The monoisotopic (exact) mass is 192 g/mol. The zero-order valence-electron chi connectivity index (χ0n) is 8.69. The summed E-state index contributed by atoms with van der Waals surface area (Å²) in [5.41, 5.74) is 1.32. The van der Waals surface area contributed by atoms with Crippen molar-refractivity contribution in [2.75, 3.05) is 13.2 Å². The first-order valence-corrected chi connectivity index (χ1v) is 5.10. The van der Waals surface area contributed by atoms with Crippen molar-refractivity contribution in [3.63, 3.8) is 0 Å². The Balaban J connectivity index is 1.97. The smallest absolute Gasteiger partial charge is 0.119 e. The molecule has 1 aliphatic rings. The van der Waals surface area contributed by atoms with Gasteiger partial charge < -0.3 is 9.47 Å². The molecule has 1 aliphatic heterocycles. The Bertz CT molecular complexity index is 303. The van der Waals surface area contributed by atoms with Crippen LogP contribution in [-0.2, 0) is 4.74 Å². The Kier molecular flexibility index (Phi) is 2.73. The summed E-state index contributed by atoms with van der Waals surface area (Å²) in [4.78, 5) is 0. The predicted octanol–water partition coefficient (Wildman–Crippen LogP) is 2.59. The average molecular weight is 192 g/mol. The van der Waals surface area contributed by atoms with Crippen molar-refractivity contribution in [2.24, 2.45) is 0 Å². The lowest BCUT2D eigenvalue weighted by atomic mass is 10.0. The maximum absolute atomic E-state index is 5.60. The van der Waals surface area contributed by atoms with E-state index in [4.69, 9.17) is 9.47 Å². The van der Waals surface area contributed by atoms with Gasteiger partial charge in [0.15, 0.2) is 0 Å². The van der Waals surface area contributed by atoms with Crippen molar-refractivity contribution >= 4 is 0 Å². The number of hydrogen-bond donors (Lipinski definition) is 0. The van der Waals surface area contributed by atoms with Crippen LogP contribution in [0.25, 0.3) is 0 Å². The van der Waals surface area contributed by atoms with E-state index in [1.54, 1.807) is 0 Å². The van der Waals surface area contributed by atoms with E-state index in [0.29, 0.717) is 18.6 Å². The topological polar surface area (TPSA) is 21.8 Å². The molecular formula is C12H16O2. The lowest BCUT2D eigenvalue weighted by Crippen LogP contribution is -2.04. The van der Waals surface area contributed by atoms with Gasteiger partial charge in [-0.2, -0.15) is 0 Å². The van der Waals surface area contributed by atoms with E-state index in [1.807, 2.05) is 12.1 Å². The van der Waals surface area contributed by atoms with Crippen LogP contribution in [0.5, 0.6) is 5.75 Å². The highest BCUT2D eigenvalue weighted by atomic mass is 16.6. The van der Waals surface area contributed by atoms with Gasteiger partial charge in [0.05, 0.1) is 6.61 Å². The maximum Gasteiger partial charge on any atom is 0.119 e. The van der Waals surface area contributed by atoms with Gasteiger partial charge in [-0.25, -0.2) is 0 Å². The third-order valence-corrected chi connectivity index (χ3v) is 2.36. The number of rotatable bonds is 4. The first kappa shape index (κ1) is 9.53. The van der Waals surface area contributed by atoms with Crippen molar-refractivity contribution in [2.45, 2.75) is 25.9 Å². The standard InChI is InChI=1S/C12H16O2/c1-9(2)10-4-3-5-11(6-10)13-7-12-8-14-12/h3-6,9,12H,7-8H2,1-2H3. The van der Waals surface area contributed by atoms with Crippen LogP contribution in [0.4, 0.5) is 0 Å². The van der Waals surface area contributed by atoms with Crippen LogP contribution in [0.2, 0.25) is 0 Å². The molecule has 2 nitrogen and oxygen atoms in total. The van der Waals surface area contributed by atoms with E-state index in [-0.39, 0.29) is 0 Å². The lowest BCUT2D eigenvalue weighted by molar-refractivity contribution is 0.263. The van der Waals surface area contributed by atoms with Crippen molar-refractivity contribution in [3.05, 3.63) is 29.8 Å². The summed E-state index contributed by atoms with van der Waals surface area (Å²) in [6.07, 6.45) is 0.331. The molecular weight excluding hydrogens is 176 g/mol. The molecule has 76 valence electrons. The minimum Gasteiger partial charge on any atom is -0.491 e. The van der Waals surface area contributed by atoms with Gasteiger partial charge in [0.1, 0.15) is 18.5 Å². The van der Waals surface area contributed by atoms with Crippen LogP contribution < -0.4 is 4.74 Å². The summed E-state index contributed by atoms with van der Waals surface area (Å²) in [5.74, 6) is 1.50. The van der Waals surface area contributed by atoms with Crippen molar-refractivity contribution in [1.29, 1.82) is 0 Å². The minimum absolute atomic E-state index is 0.331. The van der Waals surface area contributed by atoms with Gasteiger partial charge in [0.25, 0.3) is 0 Å².